The SMILES string of the molecule is O=C(c1cccc(Cl)c1)c1ccccc1CN1CCC2(CC1)OCCO2. The van der Waals surface area contributed by atoms with E-state index in [1.807, 2.05) is 36.4 Å². The molecule has 0 amide bonds. The zero-order chi connectivity index (χ0) is 18.0. The number of hydrogen-bond donors (Lipinski definition) is 0. The molecular weight excluding hydrogens is 350 g/mol. The summed E-state index contributed by atoms with van der Waals surface area (Å²) in [5, 5.41) is 0.575. The predicted octanol–water partition coefficient (Wildman–Crippen LogP) is 3.91. The molecule has 0 unspecified atom stereocenters. The monoisotopic (exact) mass is 371 g/mol. The van der Waals surface area contributed by atoms with E-state index >= 15 is 0 Å². The van der Waals surface area contributed by atoms with Crippen molar-refractivity contribution in [2.24, 2.45) is 0 Å². The summed E-state index contributed by atoms with van der Waals surface area (Å²) in [6.07, 6.45) is 1.74. The predicted molar refractivity (Wildman–Crippen MR) is 100 cm³/mol. The van der Waals surface area contributed by atoms with Gasteiger partial charge in [-0.1, -0.05) is 48.0 Å². The van der Waals surface area contributed by atoms with Gasteiger partial charge >= 0.3 is 0 Å². The number of piperidine rings is 1. The molecule has 5 heteroatoms. The van der Waals surface area contributed by atoms with Crippen LogP contribution in [0.15, 0.2) is 48.5 Å². The van der Waals surface area contributed by atoms with Gasteiger partial charge in [0.05, 0.1) is 13.2 Å². The van der Waals surface area contributed by atoms with Gasteiger partial charge in [-0.15, -0.1) is 0 Å². The average molecular weight is 372 g/mol. The van der Waals surface area contributed by atoms with E-state index in [0.717, 1.165) is 43.6 Å². The maximum absolute atomic E-state index is 12.9. The molecule has 2 fully saturated rings. The van der Waals surface area contributed by atoms with Crippen LogP contribution in [0.2, 0.25) is 5.02 Å². The number of ether oxygens (including phenoxy) is 2. The highest BCUT2D eigenvalue weighted by Crippen LogP contribution is 2.32. The number of likely N-dealkylation sites (tertiary alicyclic amines) is 1. The Morgan fingerprint density at radius 2 is 1.77 bits per heavy atom. The topological polar surface area (TPSA) is 38.8 Å². The van der Waals surface area contributed by atoms with Gasteiger partial charge in [-0.2, -0.15) is 0 Å². The molecule has 26 heavy (non-hydrogen) atoms. The van der Waals surface area contributed by atoms with E-state index < -0.39 is 0 Å². The summed E-state index contributed by atoms with van der Waals surface area (Å²) < 4.78 is 11.6. The Hall–Kier alpha value is -1.72. The molecular formula is C21H22ClNO3. The lowest BCUT2D eigenvalue weighted by Crippen LogP contribution is -2.44. The van der Waals surface area contributed by atoms with E-state index in [2.05, 4.69) is 4.90 Å². The Labute approximate surface area is 158 Å². The Bertz CT molecular complexity index is 791. The van der Waals surface area contributed by atoms with E-state index in [4.69, 9.17) is 21.1 Å². The largest absolute Gasteiger partial charge is 0.347 e. The van der Waals surface area contributed by atoms with Crippen LogP contribution in [0.5, 0.6) is 0 Å². The van der Waals surface area contributed by atoms with Crippen molar-refractivity contribution in [2.75, 3.05) is 26.3 Å². The number of rotatable bonds is 4. The maximum atomic E-state index is 12.9. The van der Waals surface area contributed by atoms with Crippen LogP contribution < -0.4 is 0 Å². The van der Waals surface area contributed by atoms with Gasteiger partial charge in [-0.25, -0.2) is 0 Å². The summed E-state index contributed by atoms with van der Waals surface area (Å²) in [6, 6.07) is 14.9. The third kappa shape index (κ3) is 3.69. The molecule has 0 saturated carbocycles. The van der Waals surface area contributed by atoms with Crippen LogP contribution in [-0.4, -0.2) is 42.8 Å². The first-order valence-corrected chi connectivity index (χ1v) is 9.41. The summed E-state index contributed by atoms with van der Waals surface area (Å²) >= 11 is 6.05. The van der Waals surface area contributed by atoms with Crippen LogP contribution in [0.25, 0.3) is 0 Å². The van der Waals surface area contributed by atoms with E-state index in [9.17, 15) is 4.79 Å². The van der Waals surface area contributed by atoms with Gasteiger partial charge in [0.2, 0.25) is 0 Å². The number of hydrogen-bond acceptors (Lipinski definition) is 4. The van der Waals surface area contributed by atoms with Crippen molar-refractivity contribution in [3.8, 4) is 0 Å². The summed E-state index contributed by atoms with van der Waals surface area (Å²) in [5.74, 6) is -0.355. The van der Waals surface area contributed by atoms with Crippen molar-refractivity contribution in [3.05, 3.63) is 70.2 Å². The fourth-order valence-electron chi connectivity index (χ4n) is 3.74. The highest BCUT2D eigenvalue weighted by Gasteiger charge is 2.39. The number of nitrogens with zero attached hydrogens (tertiary/aromatic N) is 1. The average Bonchev–Trinajstić information content (AvgIpc) is 3.12. The van der Waals surface area contributed by atoms with E-state index in [1.54, 1.807) is 12.1 Å². The molecule has 136 valence electrons. The van der Waals surface area contributed by atoms with Gasteiger partial charge in [0, 0.05) is 48.6 Å². The highest BCUT2D eigenvalue weighted by atomic mass is 35.5. The van der Waals surface area contributed by atoms with Gasteiger partial charge in [0.1, 0.15) is 0 Å². The second kappa shape index (κ2) is 7.49. The summed E-state index contributed by atoms with van der Waals surface area (Å²) in [6.45, 7) is 3.94. The molecule has 0 N–H and O–H groups in total. The molecule has 2 aromatic carbocycles. The Morgan fingerprint density at radius 1 is 1.04 bits per heavy atom. The summed E-state index contributed by atoms with van der Waals surface area (Å²) in [5.41, 5.74) is 2.40. The third-order valence-corrected chi connectivity index (χ3v) is 5.41. The van der Waals surface area contributed by atoms with Crippen LogP contribution in [0, 0.1) is 0 Å². The first kappa shape index (κ1) is 17.7. The van der Waals surface area contributed by atoms with Crippen LogP contribution in [0.1, 0.15) is 34.3 Å². The van der Waals surface area contributed by atoms with E-state index in [1.165, 1.54) is 0 Å². The molecule has 0 atom stereocenters. The van der Waals surface area contributed by atoms with E-state index in [0.29, 0.717) is 23.8 Å². The van der Waals surface area contributed by atoms with Crippen molar-refractivity contribution in [2.45, 2.75) is 25.2 Å². The van der Waals surface area contributed by atoms with Crippen molar-refractivity contribution < 1.29 is 14.3 Å². The molecule has 0 aromatic heterocycles. The van der Waals surface area contributed by atoms with Crippen molar-refractivity contribution in [1.29, 1.82) is 0 Å². The molecule has 2 saturated heterocycles. The fraction of sp³-hybridized carbons (Fsp3) is 0.381. The van der Waals surface area contributed by atoms with Crippen molar-refractivity contribution in [3.63, 3.8) is 0 Å². The lowest BCUT2D eigenvalue weighted by Gasteiger charge is -2.37. The van der Waals surface area contributed by atoms with Gasteiger partial charge < -0.3 is 9.47 Å². The van der Waals surface area contributed by atoms with Gasteiger partial charge in [-0.05, 0) is 17.7 Å². The molecule has 0 bridgehead atoms. The van der Waals surface area contributed by atoms with Crippen molar-refractivity contribution >= 4 is 17.4 Å². The van der Waals surface area contributed by atoms with Crippen LogP contribution >= 0.6 is 11.6 Å². The molecule has 2 aliphatic rings. The van der Waals surface area contributed by atoms with Crippen LogP contribution in [0.4, 0.5) is 0 Å². The minimum absolute atomic E-state index is 0.0130. The number of halogens is 1. The number of ketones is 1. The van der Waals surface area contributed by atoms with Crippen molar-refractivity contribution in [1.82, 2.24) is 4.90 Å². The standard InChI is InChI=1S/C21H22ClNO3/c22-18-6-3-5-16(14-18)20(24)19-7-2-1-4-17(19)15-23-10-8-21(9-11-23)25-12-13-26-21/h1-7,14H,8-13,15H2. The summed E-state index contributed by atoms with van der Waals surface area (Å²) in [4.78, 5) is 15.3. The number of carbonyl (C=O) groups excluding carboxylic acids is 1. The molecule has 2 aliphatic heterocycles. The zero-order valence-electron chi connectivity index (χ0n) is 14.6. The molecule has 4 rings (SSSR count). The Kier molecular flexibility index (Phi) is 5.09. The highest BCUT2D eigenvalue weighted by molar-refractivity contribution is 6.31. The lowest BCUT2D eigenvalue weighted by molar-refractivity contribution is -0.185. The lowest BCUT2D eigenvalue weighted by atomic mass is 9.97. The van der Waals surface area contributed by atoms with Gasteiger partial charge in [0.25, 0.3) is 0 Å². The minimum atomic E-state index is -0.368. The first-order chi connectivity index (χ1) is 12.7. The molecule has 0 radical (unpaired) electrons. The molecule has 2 heterocycles. The third-order valence-electron chi connectivity index (χ3n) is 5.17. The zero-order valence-corrected chi connectivity index (χ0v) is 15.4. The molecule has 1 spiro atoms. The summed E-state index contributed by atoms with van der Waals surface area (Å²) in [7, 11) is 0. The quantitative estimate of drug-likeness (QED) is 0.764. The Morgan fingerprint density at radius 3 is 2.50 bits per heavy atom. The minimum Gasteiger partial charge on any atom is -0.347 e. The smallest absolute Gasteiger partial charge is 0.193 e. The molecule has 4 nitrogen and oxygen atoms in total. The maximum Gasteiger partial charge on any atom is 0.193 e. The number of carbonyl (C=O) groups is 1. The molecule has 2 aromatic rings. The van der Waals surface area contributed by atoms with Gasteiger partial charge in [-0.3, -0.25) is 9.69 Å². The fourth-order valence-corrected chi connectivity index (χ4v) is 3.93. The second-order valence-electron chi connectivity index (χ2n) is 6.88. The van der Waals surface area contributed by atoms with Crippen LogP contribution in [-0.2, 0) is 16.0 Å². The van der Waals surface area contributed by atoms with Crippen LogP contribution in [0.3, 0.4) is 0 Å². The molecule has 0 aliphatic carbocycles. The first-order valence-electron chi connectivity index (χ1n) is 9.04. The Balaban J connectivity index is 1.49. The van der Waals surface area contributed by atoms with Gasteiger partial charge in [0.15, 0.2) is 11.6 Å². The number of benzene rings is 2. The second-order valence-corrected chi connectivity index (χ2v) is 7.32. The normalized spacial score (nSPS) is 19.7. The van der Waals surface area contributed by atoms with E-state index in [-0.39, 0.29) is 11.6 Å².